The van der Waals surface area contributed by atoms with Gasteiger partial charge in [0.1, 0.15) is 5.82 Å². The second kappa shape index (κ2) is 4.04. The molecule has 0 atom stereocenters. The van der Waals surface area contributed by atoms with Crippen molar-refractivity contribution in [3.05, 3.63) is 41.9 Å². The topological polar surface area (TPSA) is 78.5 Å². The smallest absolute Gasteiger partial charge is 0.126 e. The summed E-state index contributed by atoms with van der Waals surface area (Å²) in [6, 6.07) is 9.43. The molecule has 0 aliphatic rings. The number of nitrogens with two attached hydrogens (primary N) is 1. The molecule has 0 amide bonds. The van der Waals surface area contributed by atoms with Gasteiger partial charge in [0.15, 0.2) is 0 Å². The van der Waals surface area contributed by atoms with Crippen molar-refractivity contribution in [3.63, 3.8) is 0 Å². The number of nitriles is 1. The molecule has 4 nitrogen and oxygen atoms in total. The van der Waals surface area contributed by atoms with E-state index in [4.69, 9.17) is 11.0 Å². The Morgan fingerprint density at radius 2 is 1.94 bits per heavy atom. The van der Waals surface area contributed by atoms with Crippen molar-refractivity contribution in [1.82, 2.24) is 9.97 Å². The minimum absolute atomic E-state index is 0.481. The Balaban J connectivity index is 2.34. The third-order valence-corrected chi connectivity index (χ3v) is 2.51. The van der Waals surface area contributed by atoms with Crippen LogP contribution in [-0.2, 0) is 5.54 Å². The lowest BCUT2D eigenvalue weighted by atomic mass is 10.1. The predicted octanol–water partition coefficient (Wildman–Crippen LogP) is 2.14. The summed E-state index contributed by atoms with van der Waals surface area (Å²) >= 11 is 0. The minimum atomic E-state index is -0.481. The molecular formula is C13H14N4. The summed E-state index contributed by atoms with van der Waals surface area (Å²) in [5.41, 5.74) is 8.02. The van der Waals surface area contributed by atoms with Gasteiger partial charge in [-0.2, -0.15) is 5.26 Å². The third kappa shape index (κ3) is 2.35. The fourth-order valence-electron chi connectivity index (χ4n) is 1.52. The van der Waals surface area contributed by atoms with Crippen LogP contribution in [0.3, 0.4) is 0 Å². The molecule has 0 fully saturated rings. The van der Waals surface area contributed by atoms with Crippen LogP contribution in [0.5, 0.6) is 0 Å². The van der Waals surface area contributed by atoms with Gasteiger partial charge in [0.2, 0.25) is 0 Å². The van der Waals surface area contributed by atoms with Gasteiger partial charge < -0.3 is 10.7 Å². The number of hydrogen-bond acceptors (Lipinski definition) is 3. The number of aromatic nitrogens is 2. The lowest BCUT2D eigenvalue weighted by molar-refractivity contribution is 0.520. The maximum atomic E-state index is 8.72. The van der Waals surface area contributed by atoms with Crippen LogP contribution in [0.4, 0.5) is 0 Å². The molecule has 0 unspecified atom stereocenters. The van der Waals surface area contributed by atoms with Crippen molar-refractivity contribution in [2.24, 2.45) is 5.73 Å². The lowest BCUT2D eigenvalue weighted by Crippen LogP contribution is -2.30. The van der Waals surface area contributed by atoms with E-state index in [-0.39, 0.29) is 0 Å². The van der Waals surface area contributed by atoms with Gasteiger partial charge in [-0.3, -0.25) is 0 Å². The van der Waals surface area contributed by atoms with Crippen LogP contribution in [0.25, 0.3) is 11.3 Å². The molecule has 17 heavy (non-hydrogen) atoms. The van der Waals surface area contributed by atoms with E-state index in [0.29, 0.717) is 5.56 Å². The summed E-state index contributed by atoms with van der Waals surface area (Å²) in [5, 5.41) is 8.72. The second-order valence-corrected chi connectivity index (χ2v) is 4.56. The molecule has 0 aliphatic carbocycles. The van der Waals surface area contributed by atoms with E-state index in [1.165, 1.54) is 0 Å². The summed E-state index contributed by atoms with van der Waals surface area (Å²) in [5.74, 6) is 0.747. The summed E-state index contributed by atoms with van der Waals surface area (Å²) in [4.78, 5) is 7.45. The van der Waals surface area contributed by atoms with Crippen LogP contribution in [0.2, 0.25) is 0 Å². The van der Waals surface area contributed by atoms with E-state index in [2.05, 4.69) is 16.0 Å². The van der Waals surface area contributed by atoms with Gasteiger partial charge in [-0.1, -0.05) is 12.1 Å². The molecule has 2 aromatic rings. The highest BCUT2D eigenvalue weighted by Gasteiger charge is 2.18. The van der Waals surface area contributed by atoms with E-state index in [0.717, 1.165) is 17.1 Å². The molecule has 1 aromatic carbocycles. The van der Waals surface area contributed by atoms with Crippen molar-refractivity contribution in [3.8, 4) is 17.3 Å². The molecular weight excluding hydrogens is 212 g/mol. The van der Waals surface area contributed by atoms with Gasteiger partial charge in [-0.25, -0.2) is 4.98 Å². The standard InChI is InChI=1S/C13H14N4/c1-13(2,15)12-16-8-11(17-12)10-5-3-9(7-14)4-6-10/h3-6,8H,15H2,1-2H3,(H,16,17). The molecule has 4 heteroatoms. The maximum Gasteiger partial charge on any atom is 0.126 e. The highest BCUT2D eigenvalue weighted by Crippen LogP contribution is 2.21. The Morgan fingerprint density at radius 1 is 1.29 bits per heavy atom. The first-order chi connectivity index (χ1) is 8.00. The zero-order chi connectivity index (χ0) is 12.5. The first-order valence-corrected chi connectivity index (χ1v) is 5.35. The van der Waals surface area contributed by atoms with Gasteiger partial charge in [0.05, 0.1) is 29.1 Å². The number of hydrogen-bond donors (Lipinski definition) is 2. The quantitative estimate of drug-likeness (QED) is 0.823. The molecule has 0 bridgehead atoms. The predicted molar refractivity (Wildman–Crippen MR) is 66.0 cm³/mol. The number of nitrogens with one attached hydrogen (secondary N) is 1. The van der Waals surface area contributed by atoms with Crippen LogP contribution in [0.15, 0.2) is 30.5 Å². The van der Waals surface area contributed by atoms with Gasteiger partial charge >= 0.3 is 0 Å². The average Bonchev–Trinajstić information content (AvgIpc) is 2.78. The van der Waals surface area contributed by atoms with Gasteiger partial charge in [0.25, 0.3) is 0 Å². The Labute approximate surface area is 100 Å². The van der Waals surface area contributed by atoms with E-state index < -0.39 is 5.54 Å². The molecule has 0 saturated heterocycles. The normalized spacial score (nSPS) is 11.2. The number of aromatic amines is 1. The van der Waals surface area contributed by atoms with Crippen LogP contribution < -0.4 is 5.73 Å². The number of imidazole rings is 1. The van der Waals surface area contributed by atoms with Crippen molar-refractivity contribution in [2.45, 2.75) is 19.4 Å². The molecule has 86 valence electrons. The molecule has 0 spiro atoms. The fourth-order valence-corrected chi connectivity index (χ4v) is 1.52. The van der Waals surface area contributed by atoms with Gasteiger partial charge in [-0.15, -0.1) is 0 Å². The van der Waals surface area contributed by atoms with Crippen LogP contribution >= 0.6 is 0 Å². The van der Waals surface area contributed by atoms with E-state index in [1.807, 2.05) is 26.0 Å². The molecule has 3 N–H and O–H groups in total. The Hall–Kier alpha value is -2.12. The van der Waals surface area contributed by atoms with E-state index in [9.17, 15) is 0 Å². The molecule has 1 heterocycles. The van der Waals surface area contributed by atoms with Crippen molar-refractivity contribution in [1.29, 1.82) is 5.26 Å². The van der Waals surface area contributed by atoms with Gasteiger partial charge in [-0.05, 0) is 31.5 Å². The maximum absolute atomic E-state index is 8.72. The fraction of sp³-hybridized carbons (Fsp3) is 0.231. The van der Waals surface area contributed by atoms with Crippen molar-refractivity contribution >= 4 is 0 Å². The summed E-state index contributed by atoms with van der Waals surface area (Å²) in [6.45, 7) is 3.79. The van der Waals surface area contributed by atoms with Crippen molar-refractivity contribution in [2.75, 3.05) is 0 Å². The highest BCUT2D eigenvalue weighted by atomic mass is 15.0. The minimum Gasteiger partial charge on any atom is -0.340 e. The van der Waals surface area contributed by atoms with Crippen LogP contribution in [0.1, 0.15) is 25.2 Å². The molecule has 2 rings (SSSR count). The van der Waals surface area contributed by atoms with Crippen molar-refractivity contribution < 1.29 is 0 Å². The number of rotatable bonds is 2. The highest BCUT2D eigenvalue weighted by molar-refractivity contribution is 5.59. The van der Waals surface area contributed by atoms with Gasteiger partial charge in [0, 0.05) is 0 Å². The Morgan fingerprint density at radius 3 is 2.41 bits per heavy atom. The third-order valence-electron chi connectivity index (χ3n) is 2.51. The van der Waals surface area contributed by atoms with Crippen LogP contribution in [0, 0.1) is 11.3 Å². The monoisotopic (exact) mass is 226 g/mol. The summed E-state index contributed by atoms with van der Waals surface area (Å²) in [7, 11) is 0. The zero-order valence-corrected chi connectivity index (χ0v) is 9.86. The number of H-pyrrole nitrogens is 1. The summed E-state index contributed by atoms with van der Waals surface area (Å²) in [6.07, 6.45) is 1.76. The van der Waals surface area contributed by atoms with E-state index >= 15 is 0 Å². The zero-order valence-electron chi connectivity index (χ0n) is 9.86. The SMILES string of the molecule is CC(C)(N)c1ncc(-c2ccc(C#N)cc2)[nH]1. The van der Waals surface area contributed by atoms with Crippen LogP contribution in [-0.4, -0.2) is 9.97 Å². The van der Waals surface area contributed by atoms with E-state index in [1.54, 1.807) is 18.3 Å². The Bertz CT molecular complexity index is 552. The molecule has 0 saturated carbocycles. The average molecular weight is 226 g/mol. The number of nitrogens with zero attached hydrogens (tertiary/aromatic N) is 2. The molecule has 0 radical (unpaired) electrons. The second-order valence-electron chi connectivity index (χ2n) is 4.56. The Kier molecular flexibility index (Phi) is 2.70. The summed E-state index contributed by atoms with van der Waals surface area (Å²) < 4.78 is 0. The first kappa shape index (κ1) is 11.4. The largest absolute Gasteiger partial charge is 0.340 e. The lowest BCUT2D eigenvalue weighted by Gasteiger charge is -2.14. The number of benzene rings is 1. The molecule has 0 aliphatic heterocycles. The molecule has 1 aromatic heterocycles. The first-order valence-electron chi connectivity index (χ1n) is 5.35.